The highest BCUT2D eigenvalue weighted by atomic mass is 32.1. The second-order valence-corrected chi connectivity index (χ2v) is 10.4. The fourth-order valence-electron chi connectivity index (χ4n) is 5.12. The van der Waals surface area contributed by atoms with E-state index in [9.17, 15) is 9.59 Å². The first kappa shape index (κ1) is 21.9. The van der Waals surface area contributed by atoms with Gasteiger partial charge in [0, 0.05) is 31.0 Å². The summed E-state index contributed by atoms with van der Waals surface area (Å²) in [5.74, 6) is 0.401. The Hall–Kier alpha value is -3.65. The third kappa shape index (κ3) is 3.87. The molecule has 3 aromatic heterocycles. The van der Waals surface area contributed by atoms with Crippen LogP contribution in [-0.2, 0) is 4.79 Å². The topological polar surface area (TPSA) is 83.0 Å². The van der Waals surface area contributed by atoms with Crippen LogP contribution in [0.15, 0.2) is 49.2 Å². The van der Waals surface area contributed by atoms with E-state index >= 15 is 0 Å². The zero-order chi connectivity index (χ0) is 24.1. The van der Waals surface area contributed by atoms with Crippen LogP contribution in [0.4, 0.5) is 0 Å². The largest absolute Gasteiger partial charge is 0.347 e. The molecule has 1 aromatic carbocycles. The number of H-pyrrole nitrogens is 1. The molecule has 0 bridgehead atoms. The molecule has 0 spiro atoms. The number of piperidine rings is 1. The number of carbonyl (C=O) groups excluding carboxylic acids is 2. The zero-order valence-corrected chi connectivity index (χ0v) is 20.2. The lowest BCUT2D eigenvalue weighted by Crippen LogP contribution is -2.49. The number of rotatable bonds is 5. The molecule has 0 radical (unpaired) electrons. The van der Waals surface area contributed by atoms with Crippen molar-refractivity contribution in [1.29, 1.82) is 0 Å². The number of hydrogen-bond donors (Lipinski definition) is 2. The molecule has 4 heterocycles. The smallest absolute Gasteiger partial charge is 0.263 e. The van der Waals surface area contributed by atoms with Crippen molar-refractivity contribution in [2.24, 2.45) is 0 Å². The first-order valence-corrected chi connectivity index (χ1v) is 12.8. The molecule has 1 saturated heterocycles. The van der Waals surface area contributed by atoms with Gasteiger partial charge in [-0.3, -0.25) is 14.2 Å². The Morgan fingerprint density at radius 1 is 1.23 bits per heavy atom. The Labute approximate surface area is 206 Å². The molecule has 2 N–H and O–H groups in total. The molecule has 1 aliphatic heterocycles. The van der Waals surface area contributed by atoms with Crippen LogP contribution in [-0.4, -0.2) is 50.4 Å². The molecular weight excluding hydrogens is 458 g/mol. The number of benzene rings is 1. The predicted octanol–water partition coefficient (Wildman–Crippen LogP) is 4.04. The van der Waals surface area contributed by atoms with Gasteiger partial charge in [-0.15, -0.1) is 11.3 Å². The van der Waals surface area contributed by atoms with E-state index in [1.165, 1.54) is 35.8 Å². The fraction of sp³-hybridized carbons (Fsp3) is 0.296. The van der Waals surface area contributed by atoms with Crippen LogP contribution in [0, 0.1) is 0 Å². The minimum absolute atomic E-state index is 0.0986. The molecule has 7 nitrogen and oxygen atoms in total. The van der Waals surface area contributed by atoms with Gasteiger partial charge in [0.1, 0.15) is 15.2 Å². The molecule has 2 amide bonds. The third-order valence-electron chi connectivity index (χ3n) is 6.98. The average molecular weight is 486 g/mol. The quantitative estimate of drug-likeness (QED) is 0.419. The first-order valence-electron chi connectivity index (χ1n) is 12.0. The Kier molecular flexibility index (Phi) is 5.33. The fourth-order valence-corrected chi connectivity index (χ4v) is 6.14. The highest BCUT2D eigenvalue weighted by Gasteiger charge is 2.27. The standard InChI is InChI=1S/C27H27N5O2S/c1-3-22(33)31-13-5-7-19(15-31)30-26(34)25-24-23-21(11-12-28-27(23)35-25)32(16(2)29-24)20-8-4-6-18(14-20)17-9-10-17/h3-4,6,8,11-12,14,17,19,29H,1-2,5,7,9-10,13,15H2,(H,30,34)/t19-/m1/s1. The SMILES string of the molecule is C=CC(=O)N1CCC[C@@H](NC(=O)c2sc3nccc4c3c2[nH]c(=C)n4-c2cccc(C3CC3)c2)C1. The summed E-state index contributed by atoms with van der Waals surface area (Å²) in [5.41, 5.74) is 4.83. The minimum Gasteiger partial charge on any atom is -0.347 e. The number of thiophene rings is 1. The van der Waals surface area contributed by atoms with Crippen LogP contribution < -0.4 is 10.8 Å². The van der Waals surface area contributed by atoms with Gasteiger partial charge in [0.15, 0.2) is 0 Å². The van der Waals surface area contributed by atoms with Gasteiger partial charge in [-0.2, -0.15) is 0 Å². The van der Waals surface area contributed by atoms with Gasteiger partial charge in [-0.05, 0) is 61.4 Å². The number of hydrogen-bond acceptors (Lipinski definition) is 4. The highest BCUT2D eigenvalue weighted by Crippen LogP contribution is 2.41. The summed E-state index contributed by atoms with van der Waals surface area (Å²) in [5, 5.41) is 4.07. The Bertz CT molecular complexity index is 1540. The number of pyridine rings is 1. The van der Waals surface area contributed by atoms with Crippen molar-refractivity contribution >= 4 is 51.0 Å². The van der Waals surface area contributed by atoms with Gasteiger partial charge in [0.2, 0.25) is 5.91 Å². The molecule has 2 fully saturated rings. The van der Waals surface area contributed by atoms with Crippen molar-refractivity contribution in [3.8, 4) is 5.69 Å². The lowest BCUT2D eigenvalue weighted by atomic mass is 10.1. The molecule has 6 rings (SSSR count). The molecule has 1 saturated carbocycles. The number of amides is 2. The van der Waals surface area contributed by atoms with Crippen molar-refractivity contribution < 1.29 is 9.59 Å². The number of carbonyl (C=O) groups is 2. The number of nitrogens with one attached hydrogen (secondary N) is 2. The van der Waals surface area contributed by atoms with E-state index in [4.69, 9.17) is 0 Å². The number of likely N-dealkylation sites (tertiary alicyclic amines) is 1. The van der Waals surface area contributed by atoms with E-state index in [2.05, 4.69) is 57.3 Å². The van der Waals surface area contributed by atoms with Crippen LogP contribution >= 0.6 is 11.3 Å². The van der Waals surface area contributed by atoms with Gasteiger partial charge in [-0.1, -0.05) is 25.3 Å². The van der Waals surface area contributed by atoms with Crippen molar-refractivity contribution in [2.45, 2.75) is 37.6 Å². The lowest BCUT2D eigenvalue weighted by molar-refractivity contribution is -0.127. The Balaban J connectivity index is 1.38. The molecule has 8 heteroatoms. The zero-order valence-electron chi connectivity index (χ0n) is 19.4. The van der Waals surface area contributed by atoms with Gasteiger partial charge in [-0.25, -0.2) is 4.98 Å². The molecule has 4 aromatic rings. The van der Waals surface area contributed by atoms with Gasteiger partial charge < -0.3 is 15.2 Å². The number of nitrogens with zero attached hydrogens (tertiary/aromatic N) is 3. The molecule has 2 aliphatic rings. The van der Waals surface area contributed by atoms with Crippen molar-refractivity contribution in [3.05, 3.63) is 65.1 Å². The maximum absolute atomic E-state index is 13.4. The molecule has 0 unspecified atom stereocenters. The monoisotopic (exact) mass is 485 g/mol. The van der Waals surface area contributed by atoms with Gasteiger partial charge >= 0.3 is 0 Å². The number of aromatic nitrogens is 3. The second-order valence-electron chi connectivity index (χ2n) is 9.39. The van der Waals surface area contributed by atoms with Crippen LogP contribution in [0.1, 0.15) is 46.8 Å². The lowest BCUT2D eigenvalue weighted by Gasteiger charge is -2.32. The van der Waals surface area contributed by atoms with Crippen molar-refractivity contribution in [1.82, 2.24) is 24.8 Å². The first-order chi connectivity index (χ1) is 17.0. The maximum Gasteiger partial charge on any atom is 0.263 e. The van der Waals surface area contributed by atoms with Gasteiger partial charge in [0.05, 0.1) is 16.4 Å². The second kappa shape index (κ2) is 8.53. The summed E-state index contributed by atoms with van der Waals surface area (Å²) >= 11 is 1.38. The Morgan fingerprint density at radius 2 is 2.09 bits per heavy atom. The Morgan fingerprint density at radius 3 is 2.89 bits per heavy atom. The van der Waals surface area contributed by atoms with E-state index in [0.29, 0.717) is 29.4 Å². The van der Waals surface area contributed by atoms with E-state index < -0.39 is 0 Å². The van der Waals surface area contributed by atoms with E-state index in [1.807, 2.05) is 6.07 Å². The van der Waals surface area contributed by atoms with Crippen molar-refractivity contribution in [3.63, 3.8) is 0 Å². The minimum atomic E-state index is -0.156. The summed E-state index contributed by atoms with van der Waals surface area (Å²) in [6.07, 6.45) is 7.29. The molecular formula is C27H27N5O2S. The molecule has 1 aliphatic carbocycles. The predicted molar refractivity (Wildman–Crippen MR) is 140 cm³/mol. The third-order valence-corrected chi connectivity index (χ3v) is 8.07. The molecule has 1 atom stereocenters. The highest BCUT2D eigenvalue weighted by molar-refractivity contribution is 7.21. The molecule has 35 heavy (non-hydrogen) atoms. The van der Waals surface area contributed by atoms with Crippen LogP contribution in [0.25, 0.3) is 33.5 Å². The summed E-state index contributed by atoms with van der Waals surface area (Å²) in [4.78, 5) is 36.5. The summed E-state index contributed by atoms with van der Waals surface area (Å²) in [6, 6.07) is 10.5. The van der Waals surface area contributed by atoms with E-state index in [0.717, 1.165) is 39.8 Å². The van der Waals surface area contributed by atoms with Crippen LogP contribution in [0.5, 0.6) is 0 Å². The van der Waals surface area contributed by atoms with Gasteiger partial charge in [0.25, 0.3) is 5.91 Å². The average Bonchev–Trinajstić information content (AvgIpc) is 3.66. The summed E-state index contributed by atoms with van der Waals surface area (Å²) in [6.45, 7) is 9.06. The van der Waals surface area contributed by atoms with Crippen LogP contribution in [0.3, 0.4) is 0 Å². The normalized spacial score (nSPS) is 18.2. The number of aromatic amines is 1. The summed E-state index contributed by atoms with van der Waals surface area (Å²) < 4.78 is 2.11. The molecule has 178 valence electrons. The van der Waals surface area contributed by atoms with Crippen LogP contribution in [0.2, 0.25) is 0 Å². The summed E-state index contributed by atoms with van der Waals surface area (Å²) in [7, 11) is 0. The van der Waals surface area contributed by atoms with Crippen molar-refractivity contribution in [2.75, 3.05) is 13.1 Å². The van der Waals surface area contributed by atoms with E-state index in [-0.39, 0.29) is 17.9 Å². The van der Waals surface area contributed by atoms with E-state index in [1.54, 1.807) is 11.1 Å². The maximum atomic E-state index is 13.4.